The van der Waals surface area contributed by atoms with Gasteiger partial charge in [0.1, 0.15) is 5.82 Å². The van der Waals surface area contributed by atoms with Gasteiger partial charge in [0.15, 0.2) is 0 Å². The Hall–Kier alpha value is -0.930. The standard InChI is InChI=1S/C16H23FN2/c1-11-5-6-13(8-15(11)17)12(2)19-7-3-4-14-9-18-10-16(14)19/h5-6,8,12,14,16,18H,3-4,7,9-10H2,1-2H3. The maximum atomic E-state index is 13.7. The van der Waals surface area contributed by atoms with Crippen molar-refractivity contribution in [3.63, 3.8) is 0 Å². The van der Waals surface area contributed by atoms with Crippen molar-refractivity contribution in [1.29, 1.82) is 0 Å². The van der Waals surface area contributed by atoms with Crippen molar-refractivity contribution < 1.29 is 4.39 Å². The molecule has 2 aliphatic heterocycles. The molecule has 3 rings (SSSR count). The highest BCUT2D eigenvalue weighted by molar-refractivity contribution is 5.26. The molecular formula is C16H23FN2. The molecule has 2 fully saturated rings. The van der Waals surface area contributed by atoms with E-state index in [9.17, 15) is 4.39 Å². The summed E-state index contributed by atoms with van der Waals surface area (Å²) < 4.78 is 13.7. The fourth-order valence-electron chi connectivity index (χ4n) is 3.64. The van der Waals surface area contributed by atoms with Crippen molar-refractivity contribution in [3.05, 3.63) is 35.1 Å². The number of nitrogens with one attached hydrogen (secondary N) is 1. The highest BCUT2D eigenvalue weighted by atomic mass is 19.1. The van der Waals surface area contributed by atoms with E-state index in [-0.39, 0.29) is 5.82 Å². The van der Waals surface area contributed by atoms with Crippen LogP contribution in [-0.2, 0) is 0 Å². The Labute approximate surface area is 115 Å². The average molecular weight is 262 g/mol. The van der Waals surface area contributed by atoms with Crippen molar-refractivity contribution >= 4 is 0 Å². The van der Waals surface area contributed by atoms with Crippen LogP contribution in [0.1, 0.15) is 36.9 Å². The molecule has 0 spiro atoms. The smallest absolute Gasteiger partial charge is 0.126 e. The number of hydrogen-bond donors (Lipinski definition) is 1. The fraction of sp³-hybridized carbons (Fsp3) is 0.625. The Bertz CT molecular complexity index is 460. The molecule has 3 unspecified atom stereocenters. The van der Waals surface area contributed by atoms with Gasteiger partial charge in [-0.05, 0) is 62.9 Å². The third-order valence-electron chi connectivity index (χ3n) is 4.90. The van der Waals surface area contributed by atoms with E-state index in [4.69, 9.17) is 0 Å². The summed E-state index contributed by atoms with van der Waals surface area (Å²) in [5, 5.41) is 3.51. The third kappa shape index (κ3) is 2.41. The first-order valence-corrected chi connectivity index (χ1v) is 7.39. The maximum absolute atomic E-state index is 13.7. The number of benzene rings is 1. The first-order chi connectivity index (χ1) is 9.16. The molecule has 0 amide bonds. The predicted molar refractivity (Wildman–Crippen MR) is 75.6 cm³/mol. The first kappa shape index (κ1) is 13.1. The van der Waals surface area contributed by atoms with Crippen molar-refractivity contribution in [3.8, 4) is 0 Å². The van der Waals surface area contributed by atoms with Crippen LogP contribution in [0.2, 0.25) is 0 Å². The minimum atomic E-state index is -0.0811. The quantitative estimate of drug-likeness (QED) is 0.881. The second-order valence-corrected chi connectivity index (χ2v) is 6.05. The lowest BCUT2D eigenvalue weighted by atomic mass is 9.89. The van der Waals surface area contributed by atoms with E-state index < -0.39 is 0 Å². The van der Waals surface area contributed by atoms with E-state index in [1.165, 1.54) is 12.8 Å². The Morgan fingerprint density at radius 3 is 3.00 bits per heavy atom. The van der Waals surface area contributed by atoms with Gasteiger partial charge in [-0.1, -0.05) is 12.1 Å². The summed E-state index contributed by atoms with van der Waals surface area (Å²) >= 11 is 0. The molecule has 1 aromatic rings. The number of likely N-dealkylation sites (tertiary alicyclic amines) is 1. The van der Waals surface area contributed by atoms with Gasteiger partial charge in [0.25, 0.3) is 0 Å². The van der Waals surface area contributed by atoms with Gasteiger partial charge in [-0.15, -0.1) is 0 Å². The molecule has 0 radical (unpaired) electrons. The molecule has 0 aliphatic carbocycles. The zero-order chi connectivity index (χ0) is 13.4. The molecular weight excluding hydrogens is 239 g/mol. The van der Waals surface area contributed by atoms with Crippen molar-refractivity contribution in [2.75, 3.05) is 19.6 Å². The highest BCUT2D eigenvalue weighted by Gasteiger charge is 2.37. The van der Waals surface area contributed by atoms with Gasteiger partial charge in [0.05, 0.1) is 0 Å². The molecule has 0 aromatic heterocycles. The summed E-state index contributed by atoms with van der Waals surface area (Å²) in [6, 6.07) is 6.63. The summed E-state index contributed by atoms with van der Waals surface area (Å²) in [5.41, 5.74) is 1.84. The molecule has 3 atom stereocenters. The highest BCUT2D eigenvalue weighted by Crippen LogP contribution is 2.33. The zero-order valence-corrected chi connectivity index (χ0v) is 11.8. The van der Waals surface area contributed by atoms with Gasteiger partial charge in [0.2, 0.25) is 0 Å². The van der Waals surface area contributed by atoms with Crippen molar-refractivity contribution in [2.24, 2.45) is 5.92 Å². The minimum absolute atomic E-state index is 0.0811. The maximum Gasteiger partial charge on any atom is 0.126 e. The summed E-state index contributed by atoms with van der Waals surface area (Å²) in [6.07, 6.45) is 2.60. The lowest BCUT2D eigenvalue weighted by Gasteiger charge is -2.41. The molecule has 2 saturated heterocycles. The topological polar surface area (TPSA) is 15.3 Å². The van der Waals surface area contributed by atoms with E-state index in [1.54, 1.807) is 6.07 Å². The number of rotatable bonds is 2. The van der Waals surface area contributed by atoms with Gasteiger partial charge < -0.3 is 5.32 Å². The van der Waals surface area contributed by atoms with E-state index in [0.29, 0.717) is 12.1 Å². The zero-order valence-electron chi connectivity index (χ0n) is 11.8. The predicted octanol–water partition coefficient (Wildman–Crippen LogP) is 2.88. The fourth-order valence-corrected chi connectivity index (χ4v) is 3.64. The number of aryl methyl sites for hydroxylation is 1. The summed E-state index contributed by atoms with van der Waals surface area (Å²) in [4.78, 5) is 2.57. The first-order valence-electron chi connectivity index (χ1n) is 7.39. The van der Waals surface area contributed by atoms with E-state index in [2.05, 4.69) is 23.2 Å². The summed E-state index contributed by atoms with van der Waals surface area (Å²) in [5.74, 6) is 0.703. The number of nitrogens with zero attached hydrogens (tertiary/aromatic N) is 1. The second kappa shape index (κ2) is 5.22. The van der Waals surface area contributed by atoms with Crippen LogP contribution in [0.4, 0.5) is 4.39 Å². The summed E-state index contributed by atoms with van der Waals surface area (Å²) in [7, 11) is 0. The van der Waals surface area contributed by atoms with Crippen LogP contribution in [0.5, 0.6) is 0 Å². The average Bonchev–Trinajstić information content (AvgIpc) is 2.89. The third-order valence-corrected chi connectivity index (χ3v) is 4.90. The van der Waals surface area contributed by atoms with Crippen LogP contribution in [0.3, 0.4) is 0 Å². The van der Waals surface area contributed by atoms with Gasteiger partial charge in [-0.2, -0.15) is 0 Å². The number of piperidine rings is 1. The number of halogens is 1. The molecule has 2 heterocycles. The summed E-state index contributed by atoms with van der Waals surface area (Å²) in [6.45, 7) is 7.41. The SMILES string of the molecule is Cc1ccc(C(C)N2CCCC3CNCC32)cc1F. The molecule has 2 aliphatic rings. The van der Waals surface area contributed by atoms with Gasteiger partial charge in [-0.3, -0.25) is 4.90 Å². The minimum Gasteiger partial charge on any atom is -0.315 e. The molecule has 1 N–H and O–H groups in total. The van der Waals surface area contributed by atoms with E-state index in [1.807, 2.05) is 13.0 Å². The Kier molecular flexibility index (Phi) is 3.59. The van der Waals surface area contributed by atoms with E-state index in [0.717, 1.165) is 36.7 Å². The number of hydrogen-bond acceptors (Lipinski definition) is 2. The Morgan fingerprint density at radius 1 is 1.37 bits per heavy atom. The van der Waals surface area contributed by atoms with Crippen molar-refractivity contribution in [2.45, 2.75) is 38.8 Å². The van der Waals surface area contributed by atoms with Gasteiger partial charge >= 0.3 is 0 Å². The van der Waals surface area contributed by atoms with Crippen LogP contribution >= 0.6 is 0 Å². The lowest BCUT2D eigenvalue weighted by Crippen LogP contribution is -2.46. The molecule has 0 bridgehead atoms. The van der Waals surface area contributed by atoms with Crippen LogP contribution < -0.4 is 5.32 Å². The Morgan fingerprint density at radius 2 is 2.21 bits per heavy atom. The number of fused-ring (bicyclic) bond motifs is 1. The van der Waals surface area contributed by atoms with Crippen LogP contribution in [0.15, 0.2) is 18.2 Å². The van der Waals surface area contributed by atoms with Crippen LogP contribution in [0.25, 0.3) is 0 Å². The largest absolute Gasteiger partial charge is 0.315 e. The van der Waals surface area contributed by atoms with Crippen molar-refractivity contribution in [1.82, 2.24) is 10.2 Å². The molecule has 0 saturated carbocycles. The second-order valence-electron chi connectivity index (χ2n) is 6.05. The molecule has 1 aromatic carbocycles. The monoisotopic (exact) mass is 262 g/mol. The molecule has 19 heavy (non-hydrogen) atoms. The Balaban J connectivity index is 1.82. The normalized spacial score (nSPS) is 29.2. The van der Waals surface area contributed by atoms with E-state index >= 15 is 0 Å². The van der Waals surface area contributed by atoms with Gasteiger partial charge in [0, 0.05) is 18.6 Å². The molecule has 104 valence electrons. The van der Waals surface area contributed by atoms with Gasteiger partial charge in [-0.25, -0.2) is 4.39 Å². The molecule has 3 heteroatoms. The van der Waals surface area contributed by atoms with Crippen LogP contribution in [-0.4, -0.2) is 30.6 Å². The molecule has 2 nitrogen and oxygen atoms in total. The van der Waals surface area contributed by atoms with Crippen LogP contribution in [0, 0.1) is 18.7 Å². The lowest BCUT2D eigenvalue weighted by molar-refractivity contribution is 0.0846.